The summed E-state index contributed by atoms with van der Waals surface area (Å²) in [5, 5.41) is 8.31. The van der Waals surface area contributed by atoms with Gasteiger partial charge in [0.1, 0.15) is 18.3 Å². The van der Waals surface area contributed by atoms with Crippen LogP contribution < -0.4 is 20.3 Å². The van der Waals surface area contributed by atoms with Crippen LogP contribution in [0.4, 0.5) is 5.82 Å². The number of fused-ring (bicyclic) bond motifs is 4. The van der Waals surface area contributed by atoms with Gasteiger partial charge in [0, 0.05) is 49.4 Å². The first-order chi connectivity index (χ1) is 21.6. The fraction of sp³-hybridized carbons (Fsp3) is 0.703. The molecule has 0 spiro atoms. The number of aryl methyl sites for hydroxylation is 2. The first-order valence-corrected chi connectivity index (χ1v) is 18.6. The smallest absolute Gasteiger partial charge is 0.129 e. The number of hydrogen-bond acceptors (Lipinski definition) is 8. The van der Waals surface area contributed by atoms with Crippen LogP contribution in [0.5, 0.6) is 0 Å². The van der Waals surface area contributed by atoms with Crippen molar-refractivity contribution in [3.05, 3.63) is 58.8 Å². The molecule has 3 saturated heterocycles. The van der Waals surface area contributed by atoms with Gasteiger partial charge in [-0.1, -0.05) is 63.4 Å². The lowest BCUT2D eigenvalue weighted by molar-refractivity contribution is -0.0515. The molecule has 4 aliphatic rings. The van der Waals surface area contributed by atoms with Gasteiger partial charge in [-0.3, -0.25) is 15.5 Å². The maximum Gasteiger partial charge on any atom is 0.129 e. The van der Waals surface area contributed by atoms with Gasteiger partial charge in [-0.15, -0.1) is 0 Å². The molecule has 7 atom stereocenters. The zero-order valence-corrected chi connectivity index (χ0v) is 29.5. The molecule has 2 aromatic rings. The molecule has 5 unspecified atom stereocenters. The van der Waals surface area contributed by atoms with Gasteiger partial charge < -0.3 is 9.64 Å². The number of nitrogens with one attached hydrogen (secondary N) is 3. The summed E-state index contributed by atoms with van der Waals surface area (Å²) in [4.78, 5) is 10.5. The lowest BCUT2D eigenvalue weighted by atomic mass is 9.85. The molecule has 4 bridgehead atoms. The molecule has 6 rings (SSSR count). The van der Waals surface area contributed by atoms with Gasteiger partial charge in [0.25, 0.3) is 0 Å². The summed E-state index contributed by atoms with van der Waals surface area (Å²) in [5.74, 6) is 1.83. The number of aromatic nitrogens is 1. The van der Waals surface area contributed by atoms with Gasteiger partial charge in [0.2, 0.25) is 0 Å². The third kappa shape index (κ3) is 8.62. The van der Waals surface area contributed by atoms with Crippen molar-refractivity contribution in [2.75, 3.05) is 24.6 Å². The Hall–Kier alpha value is -1.68. The second kappa shape index (κ2) is 14.6. The Morgan fingerprint density at radius 3 is 2.53 bits per heavy atom. The van der Waals surface area contributed by atoms with Gasteiger partial charge in [-0.25, -0.2) is 9.71 Å². The fourth-order valence-corrected chi connectivity index (χ4v) is 9.44. The maximum atomic E-state index is 6.94. The highest BCUT2D eigenvalue weighted by Gasteiger charge is 2.35. The lowest BCUT2D eigenvalue weighted by Gasteiger charge is -2.41. The first kappa shape index (κ1) is 33.2. The summed E-state index contributed by atoms with van der Waals surface area (Å²) in [7, 11) is 0. The highest BCUT2D eigenvalue weighted by molar-refractivity contribution is 7.98. The zero-order chi connectivity index (χ0) is 31.6. The van der Waals surface area contributed by atoms with Crippen molar-refractivity contribution >= 4 is 17.8 Å². The fourth-order valence-electron chi connectivity index (χ4n) is 8.33. The van der Waals surface area contributed by atoms with Crippen molar-refractivity contribution in [1.29, 1.82) is 0 Å². The number of benzene rings is 1. The average Bonchev–Trinajstić information content (AvgIpc) is 3.43. The number of rotatable bonds is 5. The minimum Gasteiger partial charge on any atom is -0.362 e. The summed E-state index contributed by atoms with van der Waals surface area (Å²) in [6.07, 6.45) is 9.63. The van der Waals surface area contributed by atoms with Gasteiger partial charge in [0.05, 0.1) is 12.3 Å². The van der Waals surface area contributed by atoms with E-state index in [-0.39, 0.29) is 24.0 Å². The molecule has 248 valence electrons. The van der Waals surface area contributed by atoms with Crippen LogP contribution in [0.15, 0.2) is 36.4 Å². The van der Waals surface area contributed by atoms with E-state index in [2.05, 4.69) is 103 Å². The highest BCUT2D eigenvalue weighted by atomic mass is 32.2. The summed E-state index contributed by atoms with van der Waals surface area (Å²) in [5.41, 5.74) is 5.49. The minimum atomic E-state index is -0.0316. The van der Waals surface area contributed by atoms with E-state index in [0.29, 0.717) is 29.9 Å². The quantitative estimate of drug-likeness (QED) is 0.303. The van der Waals surface area contributed by atoms with Gasteiger partial charge in [0.15, 0.2) is 0 Å². The van der Waals surface area contributed by atoms with Crippen molar-refractivity contribution in [2.24, 2.45) is 11.3 Å². The summed E-state index contributed by atoms with van der Waals surface area (Å²) in [6.45, 7) is 17.8. The third-order valence-electron chi connectivity index (χ3n) is 10.5. The molecular weight excluding hydrogens is 577 g/mol. The topological polar surface area (TPSA) is 64.7 Å². The Bertz CT molecular complexity index is 1250. The average molecular weight is 635 g/mol. The normalized spacial score (nSPS) is 32.0. The van der Waals surface area contributed by atoms with E-state index in [1.54, 1.807) is 0 Å². The second-order valence-corrected chi connectivity index (χ2v) is 16.7. The SMILES string of the molecule is Cc1cccc(C)c1C1CC2NC(NSC3CCCC(C3)CN(Cc3cccc(N4CCC[C@H]4C)n3)[C@H](CC(C)(C)C)CO2)N1. The Morgan fingerprint density at radius 2 is 1.78 bits per heavy atom. The summed E-state index contributed by atoms with van der Waals surface area (Å²) >= 11 is 1.94. The highest BCUT2D eigenvalue weighted by Crippen LogP contribution is 2.36. The third-order valence-corrected chi connectivity index (χ3v) is 11.6. The van der Waals surface area contributed by atoms with Crippen molar-refractivity contribution in [2.45, 2.75) is 135 Å². The molecule has 45 heavy (non-hydrogen) atoms. The van der Waals surface area contributed by atoms with Gasteiger partial charge in [-0.2, -0.15) is 0 Å². The minimum absolute atomic E-state index is 0.00373. The molecule has 1 aromatic carbocycles. The second-order valence-electron chi connectivity index (χ2n) is 15.6. The van der Waals surface area contributed by atoms with E-state index in [1.807, 2.05) is 11.9 Å². The lowest BCUT2D eigenvalue weighted by Crippen LogP contribution is -2.61. The monoisotopic (exact) mass is 634 g/mol. The standard InChI is InChI=1S/C37H58N6OS/c1-25-11-7-12-26(2)35(25)32-20-34-40-36(39-32)41-45-31-16-8-14-28(19-31)22-42(30(24-44-34)21-37(4,5)6)23-29-15-9-17-33(38-29)43-18-10-13-27(43)3/h7,9,11-12,15,17,27-28,30-32,34,36,39-41H,8,10,13-14,16,18-24H2,1-6H3/t27-,28?,30-,31?,32?,34?,36?/m1/s1. The predicted octanol–water partition coefficient (Wildman–Crippen LogP) is 7.05. The van der Waals surface area contributed by atoms with Crippen molar-refractivity contribution < 1.29 is 4.74 Å². The van der Waals surface area contributed by atoms with Crippen LogP contribution in [0, 0.1) is 25.2 Å². The van der Waals surface area contributed by atoms with E-state index < -0.39 is 0 Å². The van der Waals surface area contributed by atoms with Crippen molar-refractivity contribution in [3.8, 4) is 0 Å². The summed E-state index contributed by atoms with van der Waals surface area (Å²) in [6, 6.07) is 14.5. The number of anilines is 1. The number of ether oxygens (including phenoxy) is 1. The molecule has 3 N–H and O–H groups in total. The van der Waals surface area contributed by atoms with Crippen LogP contribution >= 0.6 is 11.9 Å². The molecule has 1 aromatic heterocycles. The van der Waals surface area contributed by atoms with Crippen LogP contribution in [-0.2, 0) is 11.3 Å². The number of hydrogen-bond donors (Lipinski definition) is 3. The molecule has 1 aliphatic carbocycles. The van der Waals surface area contributed by atoms with Crippen molar-refractivity contribution in [3.63, 3.8) is 0 Å². The van der Waals surface area contributed by atoms with Crippen molar-refractivity contribution in [1.82, 2.24) is 25.2 Å². The maximum absolute atomic E-state index is 6.94. The molecule has 0 radical (unpaired) electrons. The molecule has 1 saturated carbocycles. The number of pyridine rings is 1. The van der Waals surface area contributed by atoms with Gasteiger partial charge in [-0.05, 0) is 99.5 Å². The molecule has 3 aliphatic heterocycles. The molecule has 4 fully saturated rings. The van der Waals surface area contributed by atoms with E-state index in [4.69, 9.17) is 9.72 Å². The van der Waals surface area contributed by atoms with Gasteiger partial charge >= 0.3 is 0 Å². The van der Waals surface area contributed by atoms with Crippen LogP contribution in [0.1, 0.15) is 107 Å². The Labute approximate surface area is 277 Å². The molecule has 4 heterocycles. The molecule has 0 amide bonds. The molecular formula is C37H58N6OS. The van der Waals surface area contributed by atoms with E-state index in [1.165, 1.54) is 60.9 Å². The molecule has 8 heteroatoms. The van der Waals surface area contributed by atoms with E-state index >= 15 is 0 Å². The number of nitrogens with zero attached hydrogens (tertiary/aromatic N) is 3. The predicted molar refractivity (Wildman–Crippen MR) is 188 cm³/mol. The summed E-state index contributed by atoms with van der Waals surface area (Å²) < 4.78 is 10.8. The Balaban J connectivity index is 1.28. The van der Waals surface area contributed by atoms with Crippen LogP contribution in [0.2, 0.25) is 0 Å². The Morgan fingerprint density at radius 1 is 0.978 bits per heavy atom. The van der Waals surface area contributed by atoms with E-state index in [0.717, 1.165) is 38.3 Å². The molecule has 7 nitrogen and oxygen atoms in total. The van der Waals surface area contributed by atoms with Crippen LogP contribution in [0.3, 0.4) is 0 Å². The largest absolute Gasteiger partial charge is 0.362 e. The first-order valence-electron chi connectivity index (χ1n) is 17.7. The van der Waals surface area contributed by atoms with Crippen LogP contribution in [-0.4, -0.2) is 59.4 Å². The van der Waals surface area contributed by atoms with Crippen LogP contribution in [0.25, 0.3) is 0 Å². The Kier molecular flexibility index (Phi) is 10.8. The zero-order valence-electron chi connectivity index (χ0n) is 28.6. The van der Waals surface area contributed by atoms with E-state index in [9.17, 15) is 0 Å².